The molecule has 0 aliphatic carbocycles. The third-order valence-corrected chi connectivity index (χ3v) is 7.62. The molecule has 0 spiro atoms. The Kier molecular flexibility index (Phi) is 6.97. The fourth-order valence-corrected chi connectivity index (χ4v) is 5.73. The summed E-state index contributed by atoms with van der Waals surface area (Å²) < 4.78 is 5.24. The number of methoxy groups -OCH3 is 1. The summed E-state index contributed by atoms with van der Waals surface area (Å²) in [5, 5.41) is 5.07. The van der Waals surface area contributed by atoms with Crippen molar-refractivity contribution < 1.29 is 19.1 Å². The van der Waals surface area contributed by atoms with Crippen LogP contribution in [0, 0.1) is 5.92 Å². The van der Waals surface area contributed by atoms with E-state index in [1.807, 2.05) is 24.4 Å². The standard InChI is InChI=1S/C24H30N4O4S/c1-3-11-24(22(30)28(23(31)26-24)15-10-18-6-5-16-33-18)17-8-13-27(14-9-17)21(29)19-7-4-12-25-20(19)32-2/h4-7,12,16-17H,3,8-11,13-15H2,1-2H3,(H,26,31). The van der Waals surface area contributed by atoms with Crippen molar-refractivity contribution in [3.05, 3.63) is 46.3 Å². The summed E-state index contributed by atoms with van der Waals surface area (Å²) in [5.41, 5.74) is -0.450. The monoisotopic (exact) mass is 470 g/mol. The smallest absolute Gasteiger partial charge is 0.325 e. The Labute approximate surface area is 197 Å². The number of amides is 4. The second kappa shape index (κ2) is 9.91. The van der Waals surface area contributed by atoms with E-state index >= 15 is 0 Å². The topological polar surface area (TPSA) is 91.8 Å². The normalized spacial score (nSPS) is 21.4. The van der Waals surface area contributed by atoms with Crippen LogP contribution in [0.2, 0.25) is 0 Å². The number of hydrogen-bond acceptors (Lipinski definition) is 6. The summed E-state index contributed by atoms with van der Waals surface area (Å²) in [6, 6.07) is 7.13. The number of imide groups is 1. The number of carbonyl (C=O) groups is 3. The maximum Gasteiger partial charge on any atom is 0.325 e. The molecule has 4 amide bonds. The van der Waals surface area contributed by atoms with Crippen LogP contribution in [0.25, 0.3) is 0 Å². The molecule has 176 valence electrons. The van der Waals surface area contributed by atoms with Gasteiger partial charge in [0.2, 0.25) is 5.88 Å². The van der Waals surface area contributed by atoms with Gasteiger partial charge < -0.3 is 15.0 Å². The lowest BCUT2D eigenvalue weighted by Crippen LogP contribution is -2.56. The molecule has 1 atom stereocenters. The largest absolute Gasteiger partial charge is 0.480 e. The van der Waals surface area contributed by atoms with Gasteiger partial charge in [-0.25, -0.2) is 9.78 Å². The molecule has 0 aromatic carbocycles. The predicted molar refractivity (Wildman–Crippen MR) is 125 cm³/mol. The van der Waals surface area contributed by atoms with Crippen LogP contribution in [-0.2, 0) is 11.2 Å². The molecule has 4 rings (SSSR count). The van der Waals surface area contributed by atoms with Gasteiger partial charge in [-0.3, -0.25) is 14.5 Å². The highest BCUT2D eigenvalue weighted by molar-refractivity contribution is 7.09. The maximum atomic E-state index is 13.5. The molecule has 2 aromatic heterocycles. The molecule has 9 heteroatoms. The van der Waals surface area contributed by atoms with Gasteiger partial charge in [-0.05, 0) is 55.2 Å². The van der Waals surface area contributed by atoms with Crippen molar-refractivity contribution in [1.82, 2.24) is 20.1 Å². The molecule has 0 saturated carbocycles. The number of thiophene rings is 1. The number of urea groups is 1. The van der Waals surface area contributed by atoms with Gasteiger partial charge in [0.15, 0.2) is 0 Å². The zero-order valence-corrected chi connectivity index (χ0v) is 19.9. The van der Waals surface area contributed by atoms with Crippen molar-refractivity contribution in [2.75, 3.05) is 26.7 Å². The zero-order chi connectivity index (χ0) is 23.4. The van der Waals surface area contributed by atoms with Crippen molar-refractivity contribution >= 4 is 29.2 Å². The highest BCUT2D eigenvalue weighted by Crippen LogP contribution is 2.37. The molecular formula is C24H30N4O4S. The summed E-state index contributed by atoms with van der Waals surface area (Å²) in [6.45, 7) is 3.45. The minimum atomic E-state index is -0.886. The molecule has 2 aliphatic heterocycles. The number of ether oxygens (including phenoxy) is 1. The third-order valence-electron chi connectivity index (χ3n) is 6.68. The van der Waals surface area contributed by atoms with E-state index in [0.29, 0.717) is 56.8 Å². The summed E-state index contributed by atoms with van der Waals surface area (Å²) >= 11 is 1.63. The van der Waals surface area contributed by atoms with Crippen LogP contribution in [0.3, 0.4) is 0 Å². The van der Waals surface area contributed by atoms with Gasteiger partial charge in [-0.1, -0.05) is 19.4 Å². The van der Waals surface area contributed by atoms with E-state index in [2.05, 4.69) is 10.3 Å². The number of rotatable bonds is 8. The number of carbonyl (C=O) groups excluding carboxylic acids is 3. The molecule has 1 unspecified atom stereocenters. The molecule has 33 heavy (non-hydrogen) atoms. The molecule has 4 heterocycles. The first-order chi connectivity index (χ1) is 16.0. The average Bonchev–Trinajstić information content (AvgIpc) is 3.44. The molecular weight excluding hydrogens is 440 g/mol. The minimum Gasteiger partial charge on any atom is -0.480 e. The summed E-state index contributed by atoms with van der Waals surface area (Å²) in [7, 11) is 1.50. The van der Waals surface area contributed by atoms with Crippen LogP contribution < -0.4 is 10.1 Å². The van der Waals surface area contributed by atoms with Gasteiger partial charge in [-0.2, -0.15) is 0 Å². The molecule has 2 saturated heterocycles. The first-order valence-electron chi connectivity index (χ1n) is 11.4. The highest BCUT2D eigenvalue weighted by atomic mass is 32.1. The van der Waals surface area contributed by atoms with Gasteiger partial charge in [0.25, 0.3) is 11.8 Å². The van der Waals surface area contributed by atoms with Gasteiger partial charge in [0, 0.05) is 30.7 Å². The fraction of sp³-hybridized carbons (Fsp3) is 0.500. The Morgan fingerprint density at radius 1 is 1.27 bits per heavy atom. The van der Waals surface area contributed by atoms with Gasteiger partial charge in [0.05, 0.1) is 7.11 Å². The van der Waals surface area contributed by atoms with Gasteiger partial charge in [-0.15, -0.1) is 11.3 Å². The lowest BCUT2D eigenvalue weighted by Gasteiger charge is -2.41. The first-order valence-corrected chi connectivity index (χ1v) is 12.3. The van der Waals surface area contributed by atoms with E-state index in [-0.39, 0.29) is 23.8 Å². The van der Waals surface area contributed by atoms with Crippen molar-refractivity contribution in [3.63, 3.8) is 0 Å². The number of nitrogens with zero attached hydrogens (tertiary/aromatic N) is 3. The molecule has 2 fully saturated rings. The van der Waals surface area contributed by atoms with E-state index in [1.54, 1.807) is 34.6 Å². The Bertz CT molecular complexity index is 1000. The quantitative estimate of drug-likeness (QED) is 0.598. The van der Waals surface area contributed by atoms with Crippen molar-refractivity contribution in [2.24, 2.45) is 5.92 Å². The molecule has 0 bridgehead atoms. The number of aromatic nitrogens is 1. The molecule has 2 aromatic rings. The molecule has 2 aliphatic rings. The summed E-state index contributed by atoms with van der Waals surface area (Å²) in [5.74, 6) is 0.0547. The number of likely N-dealkylation sites (tertiary alicyclic amines) is 1. The first kappa shape index (κ1) is 23.2. The van der Waals surface area contributed by atoms with Crippen molar-refractivity contribution in [2.45, 2.75) is 44.6 Å². The van der Waals surface area contributed by atoms with Crippen LogP contribution in [0.5, 0.6) is 5.88 Å². The summed E-state index contributed by atoms with van der Waals surface area (Å²) in [4.78, 5) is 47.8. The second-order valence-corrected chi connectivity index (χ2v) is 9.60. The van der Waals surface area contributed by atoms with Crippen molar-refractivity contribution in [1.29, 1.82) is 0 Å². The van der Waals surface area contributed by atoms with Crippen LogP contribution in [-0.4, -0.2) is 64.9 Å². The number of nitrogens with one attached hydrogen (secondary N) is 1. The van der Waals surface area contributed by atoms with Crippen molar-refractivity contribution in [3.8, 4) is 5.88 Å². The van der Waals surface area contributed by atoms with E-state index < -0.39 is 5.54 Å². The Balaban J connectivity index is 1.45. The zero-order valence-electron chi connectivity index (χ0n) is 19.1. The van der Waals surface area contributed by atoms with Crippen LogP contribution in [0.15, 0.2) is 35.8 Å². The SMILES string of the molecule is CCCC1(C2CCN(C(=O)c3cccnc3OC)CC2)NC(=O)N(CCc2cccs2)C1=O. The molecule has 0 radical (unpaired) electrons. The van der Waals surface area contributed by atoms with E-state index in [1.165, 1.54) is 12.0 Å². The van der Waals surface area contributed by atoms with Crippen LogP contribution in [0.1, 0.15) is 47.8 Å². The van der Waals surface area contributed by atoms with E-state index in [9.17, 15) is 14.4 Å². The van der Waals surface area contributed by atoms with Crippen LogP contribution in [0.4, 0.5) is 4.79 Å². The predicted octanol–water partition coefficient (Wildman–Crippen LogP) is 3.34. The Hall–Kier alpha value is -2.94. The lowest BCUT2D eigenvalue weighted by molar-refractivity contribution is -0.134. The minimum absolute atomic E-state index is 0.0134. The van der Waals surface area contributed by atoms with E-state index in [0.717, 1.165) is 11.3 Å². The average molecular weight is 471 g/mol. The van der Waals surface area contributed by atoms with Gasteiger partial charge in [0.1, 0.15) is 11.1 Å². The molecule has 8 nitrogen and oxygen atoms in total. The van der Waals surface area contributed by atoms with E-state index in [4.69, 9.17) is 4.74 Å². The number of piperidine rings is 1. The third kappa shape index (κ3) is 4.46. The van der Waals surface area contributed by atoms with Gasteiger partial charge >= 0.3 is 6.03 Å². The second-order valence-electron chi connectivity index (χ2n) is 8.56. The maximum absolute atomic E-state index is 13.5. The lowest BCUT2D eigenvalue weighted by atomic mass is 9.74. The number of pyridine rings is 1. The highest BCUT2D eigenvalue weighted by Gasteiger charge is 2.55. The van der Waals surface area contributed by atoms with Crippen LogP contribution >= 0.6 is 11.3 Å². The Morgan fingerprint density at radius 3 is 2.73 bits per heavy atom. The fourth-order valence-electron chi connectivity index (χ4n) is 5.03. The Morgan fingerprint density at radius 2 is 2.06 bits per heavy atom. The number of hydrogen-bond donors (Lipinski definition) is 1. The molecule has 1 N–H and O–H groups in total. The summed E-state index contributed by atoms with van der Waals surface area (Å²) in [6.07, 6.45) is 4.95.